The molecule has 0 bridgehead atoms. The van der Waals surface area contributed by atoms with Crippen LogP contribution in [-0.2, 0) is 9.53 Å². The number of nitrogens with two attached hydrogens (primary N) is 1. The van der Waals surface area contributed by atoms with Gasteiger partial charge in [0.05, 0.1) is 17.8 Å². The van der Waals surface area contributed by atoms with E-state index >= 15 is 4.39 Å². The molecule has 9 nitrogen and oxygen atoms in total. The summed E-state index contributed by atoms with van der Waals surface area (Å²) >= 11 is 0. The molecule has 3 heterocycles. The van der Waals surface area contributed by atoms with Gasteiger partial charge in [0.15, 0.2) is 23.2 Å². The zero-order chi connectivity index (χ0) is 28.6. The van der Waals surface area contributed by atoms with Crippen molar-refractivity contribution >= 4 is 29.5 Å². The molecule has 2 aliphatic heterocycles. The first-order valence-electron chi connectivity index (χ1n) is 12.8. The van der Waals surface area contributed by atoms with Crippen molar-refractivity contribution in [2.24, 2.45) is 0 Å². The Kier molecular flexibility index (Phi) is 7.72. The molecule has 3 N–H and O–H groups in total. The first-order valence-corrected chi connectivity index (χ1v) is 12.8. The van der Waals surface area contributed by atoms with Crippen LogP contribution in [0.1, 0.15) is 62.5 Å². The zero-order valence-electron chi connectivity index (χ0n) is 22.9. The summed E-state index contributed by atoms with van der Waals surface area (Å²) in [7, 11) is 0. The van der Waals surface area contributed by atoms with E-state index in [0.717, 1.165) is 6.08 Å². The SMILES string of the molecule is Cc1cc2c(c(OC(C)C)c1F)C(=O)N1C[C@@H](Nc3ncc(/C=C/C(=O)OC(C)(C)C)c(N)c3F)C[C@@H]1CO2. The molecule has 39 heavy (non-hydrogen) atoms. The Morgan fingerprint density at radius 1 is 1.31 bits per heavy atom. The number of hydrogen-bond donors (Lipinski definition) is 2. The number of benzene rings is 1. The number of esters is 1. The summed E-state index contributed by atoms with van der Waals surface area (Å²) in [5, 5.41) is 3.03. The monoisotopic (exact) mass is 544 g/mol. The molecular weight excluding hydrogens is 510 g/mol. The molecular formula is C28H34F2N4O5. The molecule has 210 valence electrons. The van der Waals surface area contributed by atoms with E-state index in [9.17, 15) is 14.0 Å². The molecule has 4 rings (SSSR count). The van der Waals surface area contributed by atoms with E-state index < -0.39 is 29.1 Å². The zero-order valence-corrected chi connectivity index (χ0v) is 22.9. The normalized spacial score (nSPS) is 19.0. The third-order valence-electron chi connectivity index (χ3n) is 6.28. The molecule has 0 aliphatic carbocycles. The molecule has 1 aromatic heterocycles. The average molecular weight is 545 g/mol. The summed E-state index contributed by atoms with van der Waals surface area (Å²) in [6, 6.07) is 0.821. The minimum atomic E-state index is -0.776. The Hall–Kier alpha value is -3.89. The maximum absolute atomic E-state index is 15.1. The van der Waals surface area contributed by atoms with Gasteiger partial charge in [-0.1, -0.05) is 0 Å². The quantitative estimate of drug-likeness (QED) is 0.404. The molecule has 1 fully saturated rings. The maximum Gasteiger partial charge on any atom is 0.331 e. The number of anilines is 2. The topological polar surface area (TPSA) is 116 Å². The fourth-order valence-corrected chi connectivity index (χ4v) is 4.59. The van der Waals surface area contributed by atoms with E-state index in [1.54, 1.807) is 46.4 Å². The number of pyridine rings is 1. The summed E-state index contributed by atoms with van der Waals surface area (Å²) in [5.41, 5.74) is 5.71. The van der Waals surface area contributed by atoms with E-state index in [1.807, 2.05) is 0 Å². The molecule has 1 amide bonds. The smallest absolute Gasteiger partial charge is 0.331 e. The summed E-state index contributed by atoms with van der Waals surface area (Å²) in [6.07, 6.45) is 3.94. The van der Waals surface area contributed by atoms with Gasteiger partial charge in [-0.2, -0.15) is 0 Å². The van der Waals surface area contributed by atoms with E-state index in [4.69, 9.17) is 19.9 Å². The predicted molar refractivity (Wildman–Crippen MR) is 143 cm³/mol. The number of nitrogens with one attached hydrogen (secondary N) is 1. The number of halogens is 2. The van der Waals surface area contributed by atoms with Crippen LogP contribution in [0, 0.1) is 18.6 Å². The molecule has 11 heteroatoms. The van der Waals surface area contributed by atoms with Crippen molar-refractivity contribution in [3.63, 3.8) is 0 Å². The Balaban J connectivity index is 1.51. The molecule has 0 unspecified atom stereocenters. The van der Waals surface area contributed by atoms with Crippen LogP contribution in [0.4, 0.5) is 20.3 Å². The molecule has 0 spiro atoms. The highest BCUT2D eigenvalue weighted by Crippen LogP contribution is 2.39. The maximum atomic E-state index is 15.1. The molecule has 1 saturated heterocycles. The number of ether oxygens (including phenoxy) is 3. The molecule has 2 atom stereocenters. The number of aryl methyl sites for hydroxylation is 1. The van der Waals surface area contributed by atoms with Gasteiger partial charge in [0, 0.05) is 30.4 Å². The lowest BCUT2D eigenvalue weighted by Gasteiger charge is -2.22. The Bertz CT molecular complexity index is 1320. The van der Waals surface area contributed by atoms with Crippen molar-refractivity contribution < 1.29 is 32.6 Å². The van der Waals surface area contributed by atoms with Crippen LogP contribution in [0.25, 0.3) is 6.08 Å². The van der Waals surface area contributed by atoms with Crippen molar-refractivity contribution in [3.8, 4) is 11.5 Å². The van der Waals surface area contributed by atoms with Gasteiger partial charge < -0.3 is 30.2 Å². The highest BCUT2D eigenvalue weighted by atomic mass is 19.1. The summed E-state index contributed by atoms with van der Waals surface area (Å²) in [5.74, 6) is -2.31. The number of nitrogens with zero attached hydrogens (tertiary/aromatic N) is 2. The fraction of sp³-hybridized carbons (Fsp3) is 0.464. The van der Waals surface area contributed by atoms with Gasteiger partial charge in [0.25, 0.3) is 5.91 Å². The summed E-state index contributed by atoms with van der Waals surface area (Å²) < 4.78 is 46.9. The van der Waals surface area contributed by atoms with Gasteiger partial charge in [-0.3, -0.25) is 4.79 Å². The van der Waals surface area contributed by atoms with Crippen molar-refractivity contribution in [2.45, 2.75) is 71.8 Å². The summed E-state index contributed by atoms with van der Waals surface area (Å²) in [6.45, 7) is 10.7. The summed E-state index contributed by atoms with van der Waals surface area (Å²) in [4.78, 5) is 31.2. The molecule has 2 aromatic rings. The Morgan fingerprint density at radius 3 is 2.69 bits per heavy atom. The van der Waals surface area contributed by atoms with Crippen molar-refractivity contribution in [2.75, 3.05) is 24.2 Å². The molecule has 1 aromatic carbocycles. The second-order valence-electron chi connectivity index (χ2n) is 11.0. The first-order chi connectivity index (χ1) is 18.2. The van der Waals surface area contributed by atoms with Crippen LogP contribution in [-0.4, -0.2) is 58.7 Å². The van der Waals surface area contributed by atoms with Crippen LogP contribution in [0.5, 0.6) is 11.5 Å². The lowest BCUT2D eigenvalue weighted by Crippen LogP contribution is -2.37. The molecule has 0 radical (unpaired) electrons. The number of carbonyl (C=O) groups excluding carboxylic acids is 2. The van der Waals surface area contributed by atoms with Crippen molar-refractivity contribution in [1.29, 1.82) is 0 Å². The number of hydrogen-bond acceptors (Lipinski definition) is 8. The third-order valence-corrected chi connectivity index (χ3v) is 6.28. The van der Waals surface area contributed by atoms with Crippen LogP contribution < -0.4 is 20.5 Å². The van der Waals surface area contributed by atoms with Crippen LogP contribution in [0.2, 0.25) is 0 Å². The minimum absolute atomic E-state index is 0.0460. The van der Waals surface area contributed by atoms with E-state index in [2.05, 4.69) is 10.3 Å². The van der Waals surface area contributed by atoms with Crippen LogP contribution in [0.15, 0.2) is 18.3 Å². The molecule has 2 aliphatic rings. The lowest BCUT2D eigenvalue weighted by molar-refractivity contribution is -0.148. The van der Waals surface area contributed by atoms with Crippen LogP contribution >= 0.6 is 0 Å². The van der Waals surface area contributed by atoms with E-state index in [1.165, 1.54) is 18.3 Å². The predicted octanol–water partition coefficient (Wildman–Crippen LogP) is 4.48. The van der Waals surface area contributed by atoms with Gasteiger partial charge in [-0.25, -0.2) is 18.6 Å². The van der Waals surface area contributed by atoms with Crippen molar-refractivity contribution in [3.05, 3.63) is 46.7 Å². The van der Waals surface area contributed by atoms with Gasteiger partial charge >= 0.3 is 5.97 Å². The Morgan fingerprint density at radius 2 is 2.03 bits per heavy atom. The standard InChI is InChI=1S/C28H34F2N4O5/c1-14(2)38-25-21-19(9-15(3)22(25)29)37-13-18-10-17(12-34(18)27(21)36)33-26-23(30)24(31)16(11-32-26)7-8-20(35)39-28(4,5)6/h7-9,11,14,17-18H,10,12-13H2,1-6H3,(H3,31,32,33)/b8-7+/t17-,18+/m0/s1. The molecule has 0 saturated carbocycles. The number of rotatable bonds is 6. The number of carbonyl (C=O) groups is 2. The first kappa shape index (κ1) is 28.1. The minimum Gasteiger partial charge on any atom is -0.490 e. The van der Waals surface area contributed by atoms with Gasteiger partial charge in [-0.05, 0) is 65.7 Å². The van der Waals surface area contributed by atoms with Crippen LogP contribution in [0.3, 0.4) is 0 Å². The third kappa shape index (κ3) is 6.07. The highest BCUT2D eigenvalue weighted by Gasteiger charge is 2.42. The van der Waals surface area contributed by atoms with Gasteiger partial charge in [0.1, 0.15) is 23.5 Å². The second kappa shape index (κ2) is 10.7. The number of aromatic nitrogens is 1. The fourth-order valence-electron chi connectivity index (χ4n) is 4.59. The van der Waals surface area contributed by atoms with Gasteiger partial charge in [0.2, 0.25) is 0 Å². The van der Waals surface area contributed by atoms with Gasteiger partial charge in [-0.15, -0.1) is 0 Å². The average Bonchev–Trinajstić information content (AvgIpc) is 3.19. The largest absolute Gasteiger partial charge is 0.490 e. The van der Waals surface area contributed by atoms with E-state index in [-0.39, 0.29) is 65.5 Å². The highest BCUT2D eigenvalue weighted by molar-refractivity contribution is 6.00. The second-order valence-corrected chi connectivity index (χ2v) is 11.0. The number of nitrogen functional groups attached to an aromatic ring is 1. The van der Waals surface area contributed by atoms with E-state index in [0.29, 0.717) is 12.0 Å². The number of fused-ring (bicyclic) bond motifs is 2. The number of amides is 1. The Labute approximate surface area is 226 Å². The van der Waals surface area contributed by atoms with Crippen molar-refractivity contribution in [1.82, 2.24) is 9.88 Å². The lowest BCUT2D eigenvalue weighted by atomic mass is 10.1.